The van der Waals surface area contributed by atoms with Crippen LogP contribution in [0.25, 0.3) is 0 Å². The van der Waals surface area contributed by atoms with Gasteiger partial charge in [-0.2, -0.15) is 13.2 Å². The molecule has 0 radical (unpaired) electrons. The fourth-order valence-corrected chi connectivity index (χ4v) is 3.62. The summed E-state index contributed by atoms with van der Waals surface area (Å²) in [7, 11) is -4.04. The normalized spacial score (nSPS) is 11.8. The Morgan fingerprint density at radius 1 is 1.17 bits per heavy atom. The highest BCUT2D eigenvalue weighted by atomic mass is 35.5. The van der Waals surface area contributed by atoms with Crippen LogP contribution in [0.4, 0.5) is 18.9 Å². The molecule has 0 bridgehead atoms. The summed E-state index contributed by atoms with van der Waals surface area (Å²) in [6.45, 7) is 1.78. The second-order valence-electron chi connectivity index (χ2n) is 6.29. The molecule has 0 aliphatic heterocycles. The lowest BCUT2D eigenvalue weighted by molar-refractivity contribution is -0.137. The van der Waals surface area contributed by atoms with Gasteiger partial charge < -0.3 is 10.1 Å². The van der Waals surface area contributed by atoms with Gasteiger partial charge in [0, 0.05) is 6.54 Å². The number of halogens is 4. The monoisotopic (exact) mass is 464 g/mol. The van der Waals surface area contributed by atoms with Gasteiger partial charge in [-0.1, -0.05) is 23.7 Å². The van der Waals surface area contributed by atoms with Crippen LogP contribution in [0.5, 0.6) is 5.75 Å². The number of carbonyl (C=O) groups is 1. The highest BCUT2D eigenvalue weighted by molar-refractivity contribution is 7.92. The minimum absolute atomic E-state index is 0.108. The number of anilines is 1. The standard InChI is InChI=1S/C19H20ClF3N2O4S/c1-3-29-15-7-4-13(5-8-15)11-24-18(26)12-25(30(2,27)28)14-6-9-17(20)16(10-14)19(21,22)23/h4-10H,3,11-12H2,1-2H3,(H,24,26). The Morgan fingerprint density at radius 3 is 2.33 bits per heavy atom. The lowest BCUT2D eigenvalue weighted by atomic mass is 10.2. The van der Waals surface area contributed by atoms with E-state index in [4.69, 9.17) is 16.3 Å². The Labute approximate surface area is 177 Å². The molecule has 0 heterocycles. The molecule has 2 aromatic rings. The number of hydrogen-bond acceptors (Lipinski definition) is 4. The predicted octanol–water partition coefficient (Wildman–Crippen LogP) is 3.84. The fraction of sp³-hybridized carbons (Fsp3) is 0.316. The number of benzene rings is 2. The maximum Gasteiger partial charge on any atom is 0.417 e. The summed E-state index contributed by atoms with van der Waals surface area (Å²) < 4.78 is 69.4. The van der Waals surface area contributed by atoms with Gasteiger partial charge in [-0.25, -0.2) is 8.42 Å². The molecule has 0 saturated carbocycles. The molecule has 2 rings (SSSR count). The number of carbonyl (C=O) groups excluding carboxylic acids is 1. The molecule has 164 valence electrons. The van der Waals surface area contributed by atoms with Gasteiger partial charge in [-0.05, 0) is 42.8 Å². The second-order valence-corrected chi connectivity index (χ2v) is 8.60. The van der Waals surface area contributed by atoms with Gasteiger partial charge in [0.05, 0.1) is 29.1 Å². The van der Waals surface area contributed by atoms with Crippen molar-refractivity contribution in [3.05, 3.63) is 58.6 Å². The van der Waals surface area contributed by atoms with Gasteiger partial charge >= 0.3 is 6.18 Å². The molecule has 0 aromatic heterocycles. The van der Waals surface area contributed by atoms with E-state index in [0.29, 0.717) is 22.7 Å². The summed E-state index contributed by atoms with van der Waals surface area (Å²) in [6, 6.07) is 9.56. The van der Waals surface area contributed by atoms with Crippen LogP contribution in [0.3, 0.4) is 0 Å². The molecule has 0 aliphatic carbocycles. The summed E-state index contributed by atoms with van der Waals surface area (Å²) in [6.07, 6.45) is -3.97. The SMILES string of the molecule is CCOc1ccc(CNC(=O)CN(c2ccc(Cl)c(C(F)(F)F)c2)S(C)(=O)=O)cc1. The number of ether oxygens (including phenoxy) is 1. The summed E-state index contributed by atoms with van der Waals surface area (Å²) in [5.74, 6) is -0.0168. The molecule has 1 N–H and O–H groups in total. The molecule has 6 nitrogen and oxygen atoms in total. The molecule has 1 amide bonds. The van der Waals surface area contributed by atoms with Gasteiger partial charge in [0.15, 0.2) is 0 Å². The number of nitrogens with zero attached hydrogens (tertiary/aromatic N) is 1. The lowest BCUT2D eigenvalue weighted by Crippen LogP contribution is -2.40. The second kappa shape index (κ2) is 9.57. The van der Waals surface area contributed by atoms with Crippen molar-refractivity contribution in [2.75, 3.05) is 23.7 Å². The third-order valence-electron chi connectivity index (χ3n) is 3.95. The first kappa shape index (κ1) is 23.8. The molecular weight excluding hydrogens is 445 g/mol. The Kier molecular flexibility index (Phi) is 7.59. The number of sulfonamides is 1. The van der Waals surface area contributed by atoms with E-state index in [1.54, 1.807) is 24.3 Å². The van der Waals surface area contributed by atoms with Crippen LogP contribution in [0.15, 0.2) is 42.5 Å². The zero-order valence-corrected chi connectivity index (χ0v) is 17.7. The van der Waals surface area contributed by atoms with Crippen LogP contribution in [-0.2, 0) is 27.5 Å². The van der Waals surface area contributed by atoms with Crippen molar-refractivity contribution >= 4 is 33.2 Å². The molecule has 0 fully saturated rings. The van der Waals surface area contributed by atoms with Gasteiger partial charge in [-0.3, -0.25) is 9.10 Å². The van der Waals surface area contributed by atoms with Crippen molar-refractivity contribution in [2.24, 2.45) is 0 Å². The first-order valence-electron chi connectivity index (χ1n) is 8.74. The van der Waals surface area contributed by atoms with Crippen LogP contribution in [0.1, 0.15) is 18.1 Å². The first-order valence-corrected chi connectivity index (χ1v) is 11.0. The van der Waals surface area contributed by atoms with Gasteiger partial charge in [0.25, 0.3) is 0 Å². The molecule has 11 heteroatoms. The number of amides is 1. The Hall–Kier alpha value is -2.46. The van der Waals surface area contributed by atoms with E-state index >= 15 is 0 Å². The molecule has 2 aromatic carbocycles. The van der Waals surface area contributed by atoms with E-state index in [1.165, 1.54) is 0 Å². The lowest BCUT2D eigenvalue weighted by Gasteiger charge is -2.23. The Bertz CT molecular complexity index is 996. The number of rotatable bonds is 8. The maximum absolute atomic E-state index is 13.1. The number of alkyl halides is 3. The fourth-order valence-electron chi connectivity index (χ4n) is 2.54. The number of hydrogen-bond donors (Lipinski definition) is 1. The average molecular weight is 465 g/mol. The summed E-state index contributed by atoms with van der Waals surface area (Å²) >= 11 is 5.58. The Balaban J connectivity index is 2.14. The Morgan fingerprint density at radius 2 is 1.80 bits per heavy atom. The van der Waals surface area contributed by atoms with Gasteiger partial charge in [-0.15, -0.1) is 0 Å². The van der Waals surface area contributed by atoms with E-state index in [0.717, 1.165) is 24.0 Å². The first-order chi connectivity index (χ1) is 13.9. The van der Waals surface area contributed by atoms with Crippen molar-refractivity contribution in [3.63, 3.8) is 0 Å². The van der Waals surface area contributed by atoms with Crippen molar-refractivity contribution < 1.29 is 31.1 Å². The average Bonchev–Trinajstić information content (AvgIpc) is 2.64. The van der Waals surface area contributed by atoms with E-state index in [1.807, 2.05) is 6.92 Å². The highest BCUT2D eigenvalue weighted by Crippen LogP contribution is 2.37. The quantitative estimate of drug-likeness (QED) is 0.644. The largest absolute Gasteiger partial charge is 0.494 e. The summed E-state index contributed by atoms with van der Waals surface area (Å²) in [5.41, 5.74) is -0.765. The zero-order chi connectivity index (χ0) is 22.5. The van der Waals surface area contributed by atoms with Crippen LogP contribution in [0, 0.1) is 0 Å². The highest BCUT2D eigenvalue weighted by Gasteiger charge is 2.34. The van der Waals surface area contributed by atoms with Crippen LogP contribution >= 0.6 is 11.6 Å². The van der Waals surface area contributed by atoms with Crippen LogP contribution in [0.2, 0.25) is 5.02 Å². The molecule has 0 spiro atoms. The molecule has 0 saturated heterocycles. The third kappa shape index (κ3) is 6.53. The minimum atomic E-state index is -4.77. The molecule has 0 aliphatic rings. The van der Waals surface area contributed by atoms with Gasteiger partial charge in [0.2, 0.25) is 15.9 Å². The van der Waals surface area contributed by atoms with Gasteiger partial charge in [0.1, 0.15) is 12.3 Å². The minimum Gasteiger partial charge on any atom is -0.494 e. The predicted molar refractivity (Wildman–Crippen MR) is 108 cm³/mol. The molecule has 0 atom stereocenters. The van der Waals surface area contributed by atoms with E-state index in [2.05, 4.69) is 5.32 Å². The smallest absolute Gasteiger partial charge is 0.417 e. The maximum atomic E-state index is 13.1. The van der Waals surface area contributed by atoms with Crippen molar-refractivity contribution in [1.82, 2.24) is 5.32 Å². The molecule has 30 heavy (non-hydrogen) atoms. The molecular formula is C19H20ClF3N2O4S. The van der Waals surface area contributed by atoms with E-state index in [-0.39, 0.29) is 12.2 Å². The van der Waals surface area contributed by atoms with Crippen LogP contribution < -0.4 is 14.4 Å². The van der Waals surface area contributed by atoms with E-state index < -0.39 is 39.2 Å². The summed E-state index contributed by atoms with van der Waals surface area (Å²) in [5, 5.41) is 1.98. The topological polar surface area (TPSA) is 75.7 Å². The third-order valence-corrected chi connectivity index (χ3v) is 5.43. The molecule has 0 unspecified atom stereocenters. The van der Waals surface area contributed by atoms with Crippen LogP contribution in [-0.4, -0.2) is 33.7 Å². The van der Waals surface area contributed by atoms with Crippen molar-refractivity contribution in [3.8, 4) is 5.75 Å². The zero-order valence-electron chi connectivity index (χ0n) is 16.2. The van der Waals surface area contributed by atoms with Crippen molar-refractivity contribution in [1.29, 1.82) is 0 Å². The number of nitrogens with one attached hydrogen (secondary N) is 1. The van der Waals surface area contributed by atoms with E-state index in [9.17, 15) is 26.4 Å². The van der Waals surface area contributed by atoms with Crippen molar-refractivity contribution in [2.45, 2.75) is 19.6 Å². The summed E-state index contributed by atoms with van der Waals surface area (Å²) in [4.78, 5) is 12.3.